The highest BCUT2D eigenvalue weighted by molar-refractivity contribution is 7.92. The van der Waals surface area contributed by atoms with Gasteiger partial charge < -0.3 is 9.30 Å². The summed E-state index contributed by atoms with van der Waals surface area (Å²) in [5.74, 6) is 1.35. The van der Waals surface area contributed by atoms with Gasteiger partial charge in [-0.3, -0.25) is 4.79 Å². The van der Waals surface area contributed by atoms with Gasteiger partial charge in [-0.25, -0.2) is 13.1 Å². The van der Waals surface area contributed by atoms with Gasteiger partial charge in [0.15, 0.2) is 0 Å². The van der Waals surface area contributed by atoms with Gasteiger partial charge in [-0.2, -0.15) is 0 Å². The molecule has 0 unspecified atom stereocenters. The fraction of sp³-hybridized carbons (Fsp3) is 0.269. The summed E-state index contributed by atoms with van der Waals surface area (Å²) in [7, 11) is -1.92. The SMILES string of the molecule is C=CS(=O)(=O)NCc1cccc(Oc2c(C)cc(C)cc2C)c1-c1cn(C)c(=O)cc1CC. The molecular weight excluding hydrogens is 436 g/mol. The van der Waals surface area contributed by atoms with Crippen LogP contribution in [0.15, 0.2) is 59.4 Å². The molecule has 1 N–H and O–H groups in total. The second kappa shape index (κ2) is 9.77. The zero-order chi connectivity index (χ0) is 24.3. The van der Waals surface area contributed by atoms with Gasteiger partial charge >= 0.3 is 0 Å². The molecule has 7 heteroatoms. The molecule has 0 aliphatic carbocycles. The summed E-state index contributed by atoms with van der Waals surface area (Å²) in [6, 6.07) is 11.3. The predicted octanol–water partition coefficient (Wildman–Crippen LogP) is 4.90. The van der Waals surface area contributed by atoms with E-state index in [2.05, 4.69) is 23.4 Å². The standard InChI is InChI=1S/C26H30N2O4S/c1-7-20-14-24(29)28(6)16-22(20)25-21(15-27-33(30,31)8-2)10-9-11-23(25)32-26-18(4)12-17(3)13-19(26)5/h8-14,16,27H,2,7,15H2,1,3-6H3. The van der Waals surface area contributed by atoms with Crippen molar-refractivity contribution in [1.82, 2.24) is 9.29 Å². The molecule has 0 aliphatic rings. The minimum atomic E-state index is -3.62. The zero-order valence-electron chi connectivity index (χ0n) is 19.7. The number of pyridine rings is 1. The summed E-state index contributed by atoms with van der Waals surface area (Å²) < 4.78 is 34.6. The molecule has 0 spiro atoms. The molecule has 0 atom stereocenters. The van der Waals surface area contributed by atoms with Gasteiger partial charge in [-0.05, 0) is 55.5 Å². The van der Waals surface area contributed by atoms with E-state index in [4.69, 9.17) is 4.74 Å². The number of rotatable bonds is 8. The van der Waals surface area contributed by atoms with Crippen LogP contribution in [-0.4, -0.2) is 13.0 Å². The average molecular weight is 467 g/mol. The Balaban J connectivity index is 2.25. The molecule has 33 heavy (non-hydrogen) atoms. The van der Waals surface area contributed by atoms with E-state index in [1.54, 1.807) is 19.3 Å². The third-order valence-electron chi connectivity index (χ3n) is 5.58. The van der Waals surface area contributed by atoms with Crippen molar-refractivity contribution < 1.29 is 13.2 Å². The first-order valence-electron chi connectivity index (χ1n) is 10.8. The number of nitrogens with one attached hydrogen (secondary N) is 1. The maximum atomic E-state index is 12.3. The normalized spacial score (nSPS) is 11.4. The molecule has 3 rings (SSSR count). The molecule has 0 saturated carbocycles. The molecule has 0 bridgehead atoms. The molecule has 0 aliphatic heterocycles. The van der Waals surface area contributed by atoms with Crippen LogP contribution < -0.4 is 15.0 Å². The molecule has 1 aromatic heterocycles. The predicted molar refractivity (Wildman–Crippen MR) is 133 cm³/mol. The first-order chi connectivity index (χ1) is 15.6. The van der Waals surface area contributed by atoms with Gasteiger partial charge in [-0.15, -0.1) is 0 Å². The van der Waals surface area contributed by atoms with Gasteiger partial charge in [-0.1, -0.05) is 43.3 Å². The van der Waals surface area contributed by atoms with Crippen molar-refractivity contribution >= 4 is 10.0 Å². The molecule has 0 radical (unpaired) electrons. The van der Waals surface area contributed by atoms with E-state index >= 15 is 0 Å². The lowest BCUT2D eigenvalue weighted by atomic mass is 9.94. The highest BCUT2D eigenvalue weighted by Crippen LogP contribution is 2.39. The third kappa shape index (κ3) is 5.43. The fourth-order valence-corrected chi connectivity index (χ4v) is 4.45. The topological polar surface area (TPSA) is 77.4 Å². The first-order valence-corrected chi connectivity index (χ1v) is 12.3. The number of sulfonamides is 1. The summed E-state index contributed by atoms with van der Waals surface area (Å²) in [6.07, 6.45) is 2.42. The van der Waals surface area contributed by atoms with Gasteiger partial charge in [0.25, 0.3) is 5.56 Å². The Kier molecular flexibility index (Phi) is 7.25. The Morgan fingerprint density at radius 3 is 2.36 bits per heavy atom. The third-order valence-corrected chi connectivity index (χ3v) is 6.56. The van der Waals surface area contributed by atoms with Gasteiger partial charge in [0, 0.05) is 42.4 Å². The second-order valence-corrected chi connectivity index (χ2v) is 9.88. The van der Waals surface area contributed by atoms with Gasteiger partial charge in [0.2, 0.25) is 10.0 Å². The highest BCUT2D eigenvalue weighted by Gasteiger charge is 2.19. The van der Waals surface area contributed by atoms with Crippen molar-refractivity contribution in [3.63, 3.8) is 0 Å². The van der Waals surface area contributed by atoms with Crippen molar-refractivity contribution in [1.29, 1.82) is 0 Å². The Morgan fingerprint density at radius 2 is 1.76 bits per heavy atom. The van der Waals surface area contributed by atoms with Crippen LogP contribution in [0.25, 0.3) is 11.1 Å². The number of ether oxygens (including phenoxy) is 1. The van der Waals surface area contributed by atoms with E-state index < -0.39 is 10.0 Å². The Morgan fingerprint density at radius 1 is 1.09 bits per heavy atom. The maximum absolute atomic E-state index is 12.3. The molecule has 0 saturated heterocycles. The van der Waals surface area contributed by atoms with Crippen LogP contribution in [0.5, 0.6) is 11.5 Å². The minimum Gasteiger partial charge on any atom is -0.456 e. The van der Waals surface area contributed by atoms with E-state index in [1.807, 2.05) is 45.9 Å². The van der Waals surface area contributed by atoms with Crippen LogP contribution in [0.1, 0.15) is 34.7 Å². The quantitative estimate of drug-likeness (QED) is 0.512. The van der Waals surface area contributed by atoms with Crippen molar-refractivity contribution in [2.45, 2.75) is 40.7 Å². The lowest BCUT2D eigenvalue weighted by Gasteiger charge is -2.20. The molecule has 0 fully saturated rings. The van der Waals surface area contributed by atoms with Crippen LogP contribution in [0.4, 0.5) is 0 Å². The van der Waals surface area contributed by atoms with E-state index in [-0.39, 0.29) is 12.1 Å². The summed E-state index contributed by atoms with van der Waals surface area (Å²) in [4.78, 5) is 12.3. The molecule has 1 heterocycles. The lowest BCUT2D eigenvalue weighted by Crippen LogP contribution is -2.21. The van der Waals surface area contributed by atoms with Crippen LogP contribution in [-0.2, 0) is 30.0 Å². The molecule has 0 amide bonds. The van der Waals surface area contributed by atoms with Gasteiger partial charge in [0.1, 0.15) is 11.5 Å². The molecule has 174 valence electrons. The summed E-state index contributed by atoms with van der Waals surface area (Å²) in [6.45, 7) is 11.4. The van der Waals surface area contributed by atoms with Crippen LogP contribution in [0.2, 0.25) is 0 Å². The molecule has 6 nitrogen and oxygen atoms in total. The molecule has 3 aromatic rings. The van der Waals surface area contributed by atoms with Crippen molar-refractivity contribution in [3.05, 3.63) is 92.8 Å². The average Bonchev–Trinajstić information content (AvgIpc) is 2.76. The lowest BCUT2D eigenvalue weighted by molar-refractivity contribution is 0.476. The molecule has 2 aromatic carbocycles. The number of hydrogen-bond acceptors (Lipinski definition) is 4. The maximum Gasteiger partial charge on any atom is 0.250 e. The van der Waals surface area contributed by atoms with E-state index in [1.165, 1.54) is 4.57 Å². The summed E-state index contributed by atoms with van der Waals surface area (Å²) in [5, 5.41) is 0.885. The van der Waals surface area contributed by atoms with Crippen LogP contribution >= 0.6 is 0 Å². The number of aryl methyl sites for hydroxylation is 5. The number of aromatic nitrogens is 1. The Labute approximate surface area is 195 Å². The van der Waals surface area contributed by atoms with Crippen molar-refractivity contribution in [2.24, 2.45) is 7.05 Å². The number of hydrogen-bond donors (Lipinski definition) is 1. The van der Waals surface area contributed by atoms with E-state index in [0.717, 1.165) is 50.1 Å². The largest absolute Gasteiger partial charge is 0.456 e. The van der Waals surface area contributed by atoms with Crippen molar-refractivity contribution in [2.75, 3.05) is 0 Å². The van der Waals surface area contributed by atoms with E-state index in [9.17, 15) is 13.2 Å². The Bertz CT molecular complexity index is 1350. The fourth-order valence-electron chi connectivity index (χ4n) is 3.98. The smallest absolute Gasteiger partial charge is 0.250 e. The van der Waals surface area contributed by atoms with Crippen LogP contribution in [0, 0.1) is 20.8 Å². The van der Waals surface area contributed by atoms with Gasteiger partial charge in [0.05, 0.1) is 0 Å². The van der Waals surface area contributed by atoms with Crippen molar-refractivity contribution in [3.8, 4) is 22.6 Å². The Hall–Kier alpha value is -3.16. The first kappa shape index (κ1) is 24.5. The minimum absolute atomic E-state index is 0.0543. The highest BCUT2D eigenvalue weighted by atomic mass is 32.2. The molecular formula is C26H30N2O4S. The number of benzene rings is 2. The zero-order valence-corrected chi connectivity index (χ0v) is 20.5. The monoisotopic (exact) mass is 466 g/mol. The van der Waals surface area contributed by atoms with Crippen LogP contribution in [0.3, 0.4) is 0 Å². The summed E-state index contributed by atoms with van der Waals surface area (Å²) in [5.41, 5.74) is 6.22. The second-order valence-electron chi connectivity index (χ2n) is 8.17. The van der Waals surface area contributed by atoms with E-state index in [0.29, 0.717) is 12.2 Å². The summed E-state index contributed by atoms with van der Waals surface area (Å²) >= 11 is 0. The number of nitrogens with zero attached hydrogens (tertiary/aromatic N) is 1.